The molecule has 7 rings (SSSR count). The summed E-state index contributed by atoms with van der Waals surface area (Å²) in [5.74, 6) is -0.0859. The normalized spacial score (nSPS) is 36.6. The fraction of sp³-hybridized carbons (Fsp3) is 0.500. The number of anilines is 2. The summed E-state index contributed by atoms with van der Waals surface area (Å²) in [6, 6.07) is 0. The average molecular weight is 693 g/mol. The van der Waals surface area contributed by atoms with Crippen LogP contribution in [-0.2, 0) is 51.2 Å². The second-order valence-electron chi connectivity index (χ2n) is 9.99. The number of aromatic nitrogens is 8. The van der Waals surface area contributed by atoms with E-state index in [-0.39, 0.29) is 47.1 Å². The van der Waals surface area contributed by atoms with E-state index in [9.17, 15) is 14.6 Å². The van der Waals surface area contributed by atoms with Gasteiger partial charge in [-0.3, -0.25) is 23.4 Å². The van der Waals surface area contributed by atoms with Crippen molar-refractivity contribution in [2.24, 2.45) is 0 Å². The maximum Gasteiger partial charge on any atom is 0.325 e. The number of ether oxygens (including phenoxy) is 2. The van der Waals surface area contributed by atoms with Gasteiger partial charge in [0.2, 0.25) is 5.95 Å². The van der Waals surface area contributed by atoms with Crippen molar-refractivity contribution in [1.82, 2.24) is 39.0 Å². The van der Waals surface area contributed by atoms with Crippen molar-refractivity contribution in [1.29, 1.82) is 0 Å². The Morgan fingerprint density at radius 2 is 1.64 bits per heavy atom. The summed E-state index contributed by atoms with van der Waals surface area (Å²) in [6.45, 7) is -9.04. The van der Waals surface area contributed by atoms with Crippen LogP contribution in [0.25, 0.3) is 22.3 Å². The Kier molecular flexibility index (Phi) is 7.55. The fourth-order valence-electron chi connectivity index (χ4n) is 5.26. The number of rotatable bonds is 2. The Bertz CT molecular complexity index is 1910. The predicted octanol–water partition coefficient (Wildman–Crippen LogP) is -0.102. The molecule has 0 unspecified atom stereocenters. The Balaban J connectivity index is 1.19. The maximum atomic E-state index is 16.0. The monoisotopic (exact) mass is 692 g/mol. The molecule has 4 aromatic heterocycles. The number of imidazole rings is 2. The first-order valence-electron chi connectivity index (χ1n) is 12.8. The Morgan fingerprint density at radius 3 is 2.43 bits per heavy atom. The summed E-state index contributed by atoms with van der Waals surface area (Å²) in [7, 11) is 0. The molecule has 0 amide bonds. The lowest BCUT2D eigenvalue weighted by Crippen LogP contribution is -2.34. The van der Waals surface area contributed by atoms with Gasteiger partial charge in [-0.25, -0.2) is 24.3 Å². The van der Waals surface area contributed by atoms with Crippen LogP contribution in [0.5, 0.6) is 0 Å². The number of alkyl halides is 1. The molecule has 7 N–H and O–H groups in total. The van der Waals surface area contributed by atoms with Crippen molar-refractivity contribution < 1.29 is 41.7 Å². The van der Waals surface area contributed by atoms with Gasteiger partial charge in [0.1, 0.15) is 30.2 Å². The zero-order valence-electron chi connectivity index (χ0n) is 22.0. The molecule has 24 heteroatoms. The molecule has 3 fully saturated rings. The third kappa shape index (κ3) is 5.44. The molecule has 2 bridgehead atoms. The summed E-state index contributed by atoms with van der Waals surface area (Å²) >= 11 is 10.5. The molecule has 236 valence electrons. The van der Waals surface area contributed by atoms with Gasteiger partial charge in [-0.05, 0) is 23.6 Å². The summed E-state index contributed by atoms with van der Waals surface area (Å²) in [5.41, 5.74) is 11.5. The average Bonchev–Trinajstić information content (AvgIpc) is 3.72. The molecule has 3 saturated heterocycles. The van der Waals surface area contributed by atoms with E-state index in [0.29, 0.717) is 0 Å². The van der Waals surface area contributed by atoms with E-state index >= 15 is 4.39 Å². The minimum absolute atomic E-state index is 0.0193. The van der Waals surface area contributed by atoms with E-state index in [1.54, 1.807) is 0 Å². The van der Waals surface area contributed by atoms with Gasteiger partial charge in [0.05, 0.1) is 32.0 Å². The number of nitrogens with one attached hydrogen (secondary N) is 1. The first kappa shape index (κ1) is 30.1. The molecule has 9 atom stereocenters. The molecular formula is C20H23FN10O9P2S2. The molecule has 0 saturated carbocycles. The predicted molar refractivity (Wildman–Crippen MR) is 154 cm³/mol. The van der Waals surface area contributed by atoms with Crippen LogP contribution in [0.3, 0.4) is 0 Å². The lowest BCUT2D eigenvalue weighted by molar-refractivity contribution is -0.0597. The molecule has 0 radical (unpaired) electrons. The van der Waals surface area contributed by atoms with Crippen molar-refractivity contribution in [2.45, 2.75) is 49.5 Å². The topological polar surface area (TPSA) is 255 Å². The highest BCUT2D eigenvalue weighted by molar-refractivity contribution is 8.07. The van der Waals surface area contributed by atoms with E-state index in [1.807, 2.05) is 0 Å². The molecular weight excluding hydrogens is 669 g/mol. The molecule has 0 aliphatic carbocycles. The Morgan fingerprint density at radius 1 is 0.932 bits per heavy atom. The van der Waals surface area contributed by atoms with Gasteiger partial charge in [-0.1, -0.05) is 0 Å². The van der Waals surface area contributed by atoms with Crippen LogP contribution < -0.4 is 17.0 Å². The highest BCUT2D eigenvalue weighted by atomic mass is 32.5. The molecule has 19 nitrogen and oxygen atoms in total. The van der Waals surface area contributed by atoms with Gasteiger partial charge in [0, 0.05) is 6.42 Å². The van der Waals surface area contributed by atoms with Crippen LogP contribution in [0, 0.1) is 0 Å². The second kappa shape index (κ2) is 11.0. The highest BCUT2D eigenvalue weighted by Crippen LogP contribution is 2.54. The third-order valence-corrected chi connectivity index (χ3v) is 10.3. The van der Waals surface area contributed by atoms with Crippen molar-refractivity contribution >= 4 is 71.1 Å². The van der Waals surface area contributed by atoms with Crippen LogP contribution in [0.1, 0.15) is 18.9 Å². The number of hydrogen-bond acceptors (Lipinski definition) is 16. The number of nitrogens with two attached hydrogens (primary N) is 2. The minimum Gasteiger partial charge on any atom is -0.382 e. The number of fused-ring (bicyclic) bond motifs is 5. The quantitative estimate of drug-likeness (QED) is 0.172. The van der Waals surface area contributed by atoms with Gasteiger partial charge in [0.25, 0.3) is 5.56 Å². The first-order valence-corrected chi connectivity index (χ1v) is 18.0. The lowest BCUT2D eigenvalue weighted by atomic mass is 10.1. The molecule has 3 aliphatic rings. The Hall–Kier alpha value is -2.59. The van der Waals surface area contributed by atoms with Gasteiger partial charge in [0.15, 0.2) is 41.3 Å². The van der Waals surface area contributed by atoms with Crippen LogP contribution in [0.4, 0.5) is 16.2 Å². The molecule has 0 aromatic carbocycles. The SMILES string of the molecule is Nc1nc2c(ncn2[C@@H]2O[C@@H]3CO[P@@](O)(=S)O[C@H]4[C@H](F)[C@H](n5cnc6c(N)ncnc65)O[C@@H]4CO[P@@](O)(=S)O[C@@H]2C3)c(=O)[nH]1. The summed E-state index contributed by atoms with van der Waals surface area (Å²) in [6.07, 6.45) is -5.14. The molecule has 44 heavy (non-hydrogen) atoms. The summed E-state index contributed by atoms with van der Waals surface area (Å²) in [5, 5.41) is 0. The molecule has 0 spiro atoms. The van der Waals surface area contributed by atoms with E-state index in [4.69, 9.17) is 62.6 Å². The fourth-order valence-corrected chi connectivity index (χ4v) is 8.16. The molecule has 3 aliphatic heterocycles. The van der Waals surface area contributed by atoms with E-state index in [2.05, 4.69) is 29.9 Å². The molecule has 4 aromatic rings. The number of hydrogen-bond donors (Lipinski definition) is 5. The zero-order chi connectivity index (χ0) is 31.0. The number of H-pyrrole nitrogens is 1. The van der Waals surface area contributed by atoms with Crippen molar-refractivity contribution in [3.8, 4) is 0 Å². The van der Waals surface area contributed by atoms with Gasteiger partial charge in [-0.15, -0.1) is 0 Å². The first-order chi connectivity index (χ1) is 20.9. The van der Waals surface area contributed by atoms with Crippen molar-refractivity contribution in [3.05, 3.63) is 29.3 Å². The third-order valence-electron chi connectivity index (χ3n) is 7.15. The molecule has 7 heterocycles. The summed E-state index contributed by atoms with van der Waals surface area (Å²) in [4.78, 5) is 57.0. The lowest BCUT2D eigenvalue weighted by Gasteiger charge is -2.27. The van der Waals surface area contributed by atoms with Gasteiger partial charge >= 0.3 is 13.4 Å². The van der Waals surface area contributed by atoms with E-state index in [1.165, 1.54) is 28.1 Å². The van der Waals surface area contributed by atoms with Crippen LogP contribution in [0.15, 0.2) is 23.8 Å². The Labute approximate surface area is 255 Å². The van der Waals surface area contributed by atoms with Crippen LogP contribution >= 0.6 is 13.4 Å². The number of nitrogens with zero attached hydrogens (tertiary/aromatic N) is 7. The highest BCUT2D eigenvalue weighted by Gasteiger charge is 2.51. The minimum atomic E-state index is -4.12. The largest absolute Gasteiger partial charge is 0.382 e. The zero-order valence-corrected chi connectivity index (χ0v) is 25.4. The van der Waals surface area contributed by atoms with Gasteiger partial charge < -0.3 is 44.3 Å². The van der Waals surface area contributed by atoms with E-state index in [0.717, 1.165) is 0 Å². The number of aromatic amines is 1. The smallest absolute Gasteiger partial charge is 0.325 e. The maximum absolute atomic E-state index is 16.0. The van der Waals surface area contributed by atoms with E-state index < -0.39 is 68.6 Å². The number of halogens is 1. The standard InChI is InChI=1S/C20H23FN10O9P2S2/c21-10-13-9(38-19(10)30-5-26-11-14(22)24-4-25-15(11)30)3-36-41(33,43)39-8-1-7(2-35-42(34,44)40-13)37-18(8)31-6-27-12-16(31)28-20(23)29-17(12)32/h4-10,13,18-19H,1-3H2,(H,33,43)(H,34,44)(H2,22,24,25)(H3,23,28,29,32)/t7-,8+,9+,10-,13+,18+,19+,41+,42+/m0/s1. The van der Waals surface area contributed by atoms with Crippen molar-refractivity contribution in [2.75, 3.05) is 24.7 Å². The van der Waals surface area contributed by atoms with Crippen LogP contribution in [0.2, 0.25) is 0 Å². The van der Waals surface area contributed by atoms with Gasteiger partial charge in [-0.2, -0.15) is 4.98 Å². The summed E-state index contributed by atoms with van der Waals surface area (Å²) < 4.78 is 53.3. The second-order valence-corrected chi connectivity index (χ2v) is 15.6. The van der Waals surface area contributed by atoms with Crippen molar-refractivity contribution in [3.63, 3.8) is 0 Å². The van der Waals surface area contributed by atoms with Crippen LogP contribution in [-0.4, -0.2) is 92.6 Å². The number of nitrogen functional groups attached to an aromatic ring is 2.